The van der Waals surface area contributed by atoms with E-state index in [4.69, 9.17) is 9.73 Å². The Balaban J connectivity index is 0.00000338. The van der Waals surface area contributed by atoms with Crippen molar-refractivity contribution < 1.29 is 9.53 Å². The molecule has 2 saturated heterocycles. The van der Waals surface area contributed by atoms with Crippen molar-refractivity contribution >= 4 is 36.0 Å². The predicted octanol–water partition coefficient (Wildman–Crippen LogP) is 2.22. The Kier molecular flexibility index (Phi) is 12.0. The molecule has 0 saturated carbocycles. The van der Waals surface area contributed by atoms with Gasteiger partial charge < -0.3 is 24.8 Å². The molecule has 0 spiro atoms. The molecular formula is C18H36IN5O2. The van der Waals surface area contributed by atoms with Gasteiger partial charge in [-0.2, -0.15) is 0 Å². The summed E-state index contributed by atoms with van der Waals surface area (Å²) in [5.74, 6) is 0.973. The number of guanidine groups is 1. The second-order valence-electron chi connectivity index (χ2n) is 6.66. The van der Waals surface area contributed by atoms with Crippen molar-refractivity contribution in [2.75, 3.05) is 65.5 Å². The van der Waals surface area contributed by atoms with Crippen LogP contribution in [0.2, 0.25) is 0 Å². The number of halogens is 1. The fourth-order valence-corrected chi connectivity index (χ4v) is 3.40. The van der Waals surface area contributed by atoms with Gasteiger partial charge in [0, 0.05) is 39.3 Å². The Labute approximate surface area is 175 Å². The monoisotopic (exact) mass is 481 g/mol. The number of hydrogen-bond donors (Lipinski definition) is 1. The van der Waals surface area contributed by atoms with E-state index in [0.29, 0.717) is 19.7 Å². The Bertz CT molecular complexity index is 420. The maximum Gasteiger partial charge on any atom is 0.409 e. The summed E-state index contributed by atoms with van der Waals surface area (Å²) in [4.78, 5) is 23.2. The Morgan fingerprint density at radius 3 is 2.15 bits per heavy atom. The number of carbonyl (C=O) groups is 1. The van der Waals surface area contributed by atoms with Gasteiger partial charge in [-0.15, -0.1) is 24.0 Å². The van der Waals surface area contributed by atoms with Gasteiger partial charge in [-0.1, -0.05) is 12.8 Å². The van der Waals surface area contributed by atoms with Crippen LogP contribution in [0, 0.1) is 0 Å². The molecule has 0 aromatic rings. The van der Waals surface area contributed by atoms with Gasteiger partial charge in [0.25, 0.3) is 0 Å². The van der Waals surface area contributed by atoms with Gasteiger partial charge >= 0.3 is 6.09 Å². The molecular weight excluding hydrogens is 445 g/mol. The molecule has 26 heavy (non-hydrogen) atoms. The average Bonchev–Trinajstić information content (AvgIpc) is 2.90. The van der Waals surface area contributed by atoms with Gasteiger partial charge in [0.2, 0.25) is 0 Å². The number of nitrogens with zero attached hydrogens (tertiary/aromatic N) is 4. The number of nitrogens with one attached hydrogen (secondary N) is 1. The Morgan fingerprint density at radius 1 is 0.962 bits per heavy atom. The number of rotatable bonds is 5. The van der Waals surface area contributed by atoms with Crippen LogP contribution in [-0.4, -0.2) is 92.3 Å². The third-order valence-corrected chi connectivity index (χ3v) is 4.82. The van der Waals surface area contributed by atoms with Crippen LogP contribution in [-0.2, 0) is 4.74 Å². The third kappa shape index (κ3) is 7.85. The number of likely N-dealkylation sites (tertiary alicyclic amines) is 1. The molecule has 0 radical (unpaired) electrons. The average molecular weight is 481 g/mol. The Morgan fingerprint density at radius 2 is 1.58 bits per heavy atom. The molecule has 2 aliphatic heterocycles. The predicted molar refractivity (Wildman–Crippen MR) is 116 cm³/mol. The number of ether oxygens (including phenoxy) is 1. The van der Waals surface area contributed by atoms with Gasteiger partial charge in [0.05, 0.1) is 13.2 Å². The second kappa shape index (κ2) is 13.4. The molecule has 8 heteroatoms. The lowest BCUT2D eigenvalue weighted by atomic mass is 10.2. The molecule has 0 bridgehead atoms. The quantitative estimate of drug-likeness (QED) is 0.371. The van der Waals surface area contributed by atoms with Crippen molar-refractivity contribution in [3.63, 3.8) is 0 Å². The highest BCUT2D eigenvalue weighted by Gasteiger charge is 2.23. The molecule has 1 N–H and O–H groups in total. The van der Waals surface area contributed by atoms with Gasteiger partial charge in [-0.3, -0.25) is 4.99 Å². The standard InChI is InChI=1S/C18H35N5O2.HI/c1-3-19-17(20-9-12-21-10-7-5-6-8-11-21)22-13-15-23(16-14-22)18(24)25-4-2;/h3-16H2,1-2H3,(H,19,20);1H. The van der Waals surface area contributed by atoms with E-state index in [9.17, 15) is 4.79 Å². The van der Waals surface area contributed by atoms with Gasteiger partial charge in [-0.25, -0.2) is 4.79 Å². The number of hydrogen-bond acceptors (Lipinski definition) is 4. The molecule has 0 aliphatic carbocycles. The Hall–Kier alpha value is -0.770. The van der Waals surface area contributed by atoms with Crippen LogP contribution in [0.3, 0.4) is 0 Å². The van der Waals surface area contributed by atoms with Crippen LogP contribution in [0.4, 0.5) is 4.79 Å². The van der Waals surface area contributed by atoms with Gasteiger partial charge in [0.15, 0.2) is 5.96 Å². The van der Waals surface area contributed by atoms with Crippen molar-refractivity contribution in [1.29, 1.82) is 0 Å². The molecule has 0 aromatic heterocycles. The summed E-state index contributed by atoms with van der Waals surface area (Å²) in [6.45, 7) is 12.5. The molecule has 152 valence electrons. The molecule has 2 fully saturated rings. The fraction of sp³-hybridized carbons (Fsp3) is 0.889. The molecule has 2 rings (SSSR count). The van der Waals surface area contributed by atoms with Crippen molar-refractivity contribution in [3.8, 4) is 0 Å². The van der Waals surface area contributed by atoms with E-state index in [2.05, 4.69) is 22.0 Å². The summed E-state index contributed by atoms with van der Waals surface area (Å²) in [6.07, 6.45) is 5.17. The summed E-state index contributed by atoms with van der Waals surface area (Å²) < 4.78 is 5.08. The highest BCUT2D eigenvalue weighted by Crippen LogP contribution is 2.09. The maximum atomic E-state index is 11.8. The van der Waals surface area contributed by atoms with Gasteiger partial charge in [-0.05, 0) is 39.8 Å². The van der Waals surface area contributed by atoms with E-state index in [1.807, 2.05) is 6.92 Å². The second-order valence-corrected chi connectivity index (χ2v) is 6.66. The lowest BCUT2D eigenvalue weighted by Gasteiger charge is -2.36. The van der Waals surface area contributed by atoms with E-state index >= 15 is 0 Å². The first-order valence-corrected chi connectivity index (χ1v) is 9.92. The molecule has 2 aliphatic rings. The molecule has 0 aromatic carbocycles. The first kappa shape index (κ1) is 23.3. The minimum atomic E-state index is -0.203. The summed E-state index contributed by atoms with van der Waals surface area (Å²) in [5.41, 5.74) is 0. The number of piperazine rings is 1. The number of amides is 1. The first-order chi connectivity index (χ1) is 12.2. The summed E-state index contributed by atoms with van der Waals surface area (Å²) >= 11 is 0. The van der Waals surface area contributed by atoms with Crippen molar-refractivity contribution in [3.05, 3.63) is 0 Å². The summed E-state index contributed by atoms with van der Waals surface area (Å²) in [6, 6.07) is 0. The van der Waals surface area contributed by atoms with E-state index in [0.717, 1.165) is 38.7 Å². The largest absolute Gasteiger partial charge is 0.450 e. The lowest BCUT2D eigenvalue weighted by Crippen LogP contribution is -2.54. The van der Waals surface area contributed by atoms with Crippen molar-refractivity contribution in [2.24, 2.45) is 4.99 Å². The molecule has 0 unspecified atom stereocenters. The van der Waals surface area contributed by atoms with Crippen LogP contribution >= 0.6 is 24.0 Å². The fourth-order valence-electron chi connectivity index (χ4n) is 3.40. The highest BCUT2D eigenvalue weighted by atomic mass is 127. The molecule has 2 heterocycles. The van der Waals surface area contributed by atoms with Crippen LogP contribution < -0.4 is 5.32 Å². The van der Waals surface area contributed by atoms with Crippen LogP contribution in [0.25, 0.3) is 0 Å². The first-order valence-electron chi connectivity index (χ1n) is 9.92. The van der Waals surface area contributed by atoms with Crippen LogP contribution in [0.15, 0.2) is 4.99 Å². The molecule has 0 atom stereocenters. The topological polar surface area (TPSA) is 60.4 Å². The zero-order valence-corrected chi connectivity index (χ0v) is 18.7. The number of aliphatic imine (C=N–C) groups is 1. The van der Waals surface area contributed by atoms with Crippen molar-refractivity contribution in [1.82, 2.24) is 20.0 Å². The maximum absolute atomic E-state index is 11.8. The number of carbonyl (C=O) groups excluding carboxylic acids is 1. The zero-order chi connectivity index (χ0) is 17.9. The summed E-state index contributed by atoms with van der Waals surface area (Å²) in [7, 11) is 0. The lowest BCUT2D eigenvalue weighted by molar-refractivity contribution is 0.0914. The zero-order valence-electron chi connectivity index (χ0n) is 16.4. The normalized spacial score (nSPS) is 19.5. The highest BCUT2D eigenvalue weighted by molar-refractivity contribution is 14.0. The molecule has 7 nitrogen and oxygen atoms in total. The van der Waals surface area contributed by atoms with Crippen LogP contribution in [0.1, 0.15) is 39.5 Å². The van der Waals surface area contributed by atoms with E-state index < -0.39 is 0 Å². The molecule has 1 amide bonds. The third-order valence-electron chi connectivity index (χ3n) is 4.82. The van der Waals surface area contributed by atoms with Gasteiger partial charge in [0.1, 0.15) is 0 Å². The van der Waals surface area contributed by atoms with Crippen molar-refractivity contribution in [2.45, 2.75) is 39.5 Å². The SMILES string of the molecule is CCNC(=NCCN1CCCCCC1)N1CCN(C(=O)OCC)CC1.I. The van der Waals surface area contributed by atoms with Crippen LogP contribution in [0.5, 0.6) is 0 Å². The summed E-state index contributed by atoms with van der Waals surface area (Å²) in [5, 5.41) is 3.39. The smallest absolute Gasteiger partial charge is 0.409 e. The van der Waals surface area contributed by atoms with E-state index in [-0.39, 0.29) is 30.1 Å². The van der Waals surface area contributed by atoms with E-state index in [1.54, 1.807) is 4.90 Å². The minimum absolute atomic E-state index is 0. The van der Waals surface area contributed by atoms with E-state index in [1.165, 1.54) is 38.8 Å². The minimum Gasteiger partial charge on any atom is -0.450 e.